The van der Waals surface area contributed by atoms with Crippen molar-refractivity contribution >= 4 is 54.6 Å². The van der Waals surface area contributed by atoms with Crippen molar-refractivity contribution in [3.05, 3.63) is 194 Å². The Morgan fingerprint density at radius 2 is 0.667 bits per heavy atom. The van der Waals surface area contributed by atoms with Gasteiger partial charge in [0.05, 0.1) is 44.5 Å². The number of rotatable bonds is 5. The van der Waals surface area contributed by atoms with E-state index in [9.17, 15) is 0 Å². The van der Waals surface area contributed by atoms with Crippen LogP contribution in [0.1, 0.15) is 0 Å². The highest BCUT2D eigenvalue weighted by Crippen LogP contribution is 2.42. The monoisotopic (exact) mass is 688 g/mol. The molecule has 11 rings (SSSR count). The first-order valence-corrected chi connectivity index (χ1v) is 18.3. The minimum Gasteiger partial charge on any atom is -0.307 e. The van der Waals surface area contributed by atoms with Crippen LogP contribution in [0.4, 0.5) is 0 Å². The Labute approximate surface area is 311 Å². The van der Waals surface area contributed by atoms with Gasteiger partial charge < -0.3 is 9.13 Å². The van der Waals surface area contributed by atoms with Crippen molar-refractivity contribution in [2.45, 2.75) is 0 Å². The maximum Gasteiger partial charge on any atom is 0.0973 e. The zero-order valence-corrected chi connectivity index (χ0v) is 29.3. The second-order valence-corrected chi connectivity index (χ2v) is 13.8. The Kier molecular flexibility index (Phi) is 6.82. The smallest absolute Gasteiger partial charge is 0.0973 e. The third kappa shape index (κ3) is 4.70. The van der Waals surface area contributed by atoms with Gasteiger partial charge in [0.2, 0.25) is 0 Å². The Morgan fingerprint density at radius 1 is 0.278 bits per heavy atom. The van der Waals surface area contributed by atoms with Crippen molar-refractivity contribution in [3.8, 4) is 45.0 Å². The van der Waals surface area contributed by atoms with Crippen molar-refractivity contribution in [3.63, 3.8) is 0 Å². The van der Waals surface area contributed by atoms with Crippen LogP contribution in [0.5, 0.6) is 0 Å². The van der Waals surface area contributed by atoms with Gasteiger partial charge in [-0.05, 0) is 59.7 Å². The minimum atomic E-state index is 0.882. The molecule has 0 amide bonds. The normalized spacial score (nSPS) is 11.7. The molecule has 4 nitrogen and oxygen atoms in total. The highest BCUT2D eigenvalue weighted by molar-refractivity contribution is 6.23. The van der Waals surface area contributed by atoms with Crippen LogP contribution in [0.3, 0.4) is 0 Å². The molecule has 0 atom stereocenters. The van der Waals surface area contributed by atoms with Crippen molar-refractivity contribution < 1.29 is 0 Å². The molecule has 0 fully saturated rings. The third-order valence-electron chi connectivity index (χ3n) is 10.7. The summed E-state index contributed by atoms with van der Waals surface area (Å²) in [4.78, 5) is 10.2. The fourth-order valence-corrected chi connectivity index (χ4v) is 8.24. The largest absolute Gasteiger partial charge is 0.307 e. The number of para-hydroxylation sites is 5. The van der Waals surface area contributed by atoms with Crippen LogP contribution < -0.4 is 0 Å². The van der Waals surface area contributed by atoms with Crippen molar-refractivity contribution in [1.29, 1.82) is 0 Å². The zero-order chi connectivity index (χ0) is 35.6. The van der Waals surface area contributed by atoms with E-state index in [4.69, 9.17) is 9.97 Å². The molecule has 54 heavy (non-hydrogen) atoms. The van der Waals surface area contributed by atoms with E-state index in [1.54, 1.807) is 0 Å². The van der Waals surface area contributed by atoms with Gasteiger partial charge in [-0.15, -0.1) is 0 Å². The van der Waals surface area contributed by atoms with Crippen LogP contribution in [-0.4, -0.2) is 19.1 Å². The number of benzene rings is 8. The Balaban J connectivity index is 1.05. The van der Waals surface area contributed by atoms with Crippen LogP contribution in [0, 0.1) is 0 Å². The molecule has 8 aromatic carbocycles. The van der Waals surface area contributed by atoms with Gasteiger partial charge in [-0.1, -0.05) is 146 Å². The molecule has 3 heterocycles. The first-order chi connectivity index (χ1) is 26.8. The molecule has 0 spiro atoms. The van der Waals surface area contributed by atoms with Gasteiger partial charge in [0.15, 0.2) is 0 Å². The average Bonchev–Trinajstić information content (AvgIpc) is 3.77. The Hall–Kier alpha value is -7.30. The molecule has 11 aromatic rings. The quantitative estimate of drug-likeness (QED) is 0.180. The summed E-state index contributed by atoms with van der Waals surface area (Å²) >= 11 is 0. The van der Waals surface area contributed by atoms with E-state index in [-0.39, 0.29) is 0 Å². The Morgan fingerprint density at radius 3 is 1.20 bits per heavy atom. The van der Waals surface area contributed by atoms with E-state index in [1.165, 1.54) is 43.6 Å². The molecule has 3 aromatic heterocycles. The van der Waals surface area contributed by atoms with Gasteiger partial charge in [0.1, 0.15) is 0 Å². The lowest BCUT2D eigenvalue weighted by Crippen LogP contribution is -1.98. The molecule has 0 aliphatic heterocycles. The zero-order valence-electron chi connectivity index (χ0n) is 29.3. The second-order valence-electron chi connectivity index (χ2n) is 13.8. The van der Waals surface area contributed by atoms with Gasteiger partial charge in [0, 0.05) is 44.0 Å². The maximum atomic E-state index is 5.11. The third-order valence-corrected chi connectivity index (χ3v) is 10.7. The second kappa shape index (κ2) is 12.1. The van der Waals surface area contributed by atoms with Crippen molar-refractivity contribution in [2.24, 2.45) is 0 Å². The number of hydrogen-bond acceptors (Lipinski definition) is 2. The van der Waals surface area contributed by atoms with E-state index in [0.717, 1.165) is 56.0 Å². The summed E-state index contributed by atoms with van der Waals surface area (Å²) < 4.78 is 4.88. The van der Waals surface area contributed by atoms with E-state index in [2.05, 4.69) is 161 Å². The predicted octanol–water partition coefficient (Wildman–Crippen LogP) is 12.8. The van der Waals surface area contributed by atoms with Gasteiger partial charge >= 0.3 is 0 Å². The van der Waals surface area contributed by atoms with E-state index in [1.807, 2.05) is 42.5 Å². The number of hydrogen-bond donors (Lipinski definition) is 0. The average molecular weight is 689 g/mol. The van der Waals surface area contributed by atoms with Crippen LogP contribution in [0.15, 0.2) is 194 Å². The molecule has 0 saturated heterocycles. The van der Waals surface area contributed by atoms with Crippen molar-refractivity contribution in [1.82, 2.24) is 19.1 Å². The topological polar surface area (TPSA) is 35.6 Å². The maximum absolute atomic E-state index is 5.11. The van der Waals surface area contributed by atoms with Gasteiger partial charge in [-0.2, -0.15) is 0 Å². The summed E-state index contributed by atoms with van der Waals surface area (Å²) in [5.41, 5.74) is 15.0. The predicted molar refractivity (Wildman–Crippen MR) is 225 cm³/mol. The van der Waals surface area contributed by atoms with Crippen LogP contribution in [0.25, 0.3) is 99.7 Å². The molecule has 0 unspecified atom stereocenters. The molecule has 252 valence electrons. The summed E-state index contributed by atoms with van der Waals surface area (Å²) in [6.07, 6.45) is 0. The molecule has 4 heteroatoms. The molecule has 0 aliphatic carbocycles. The first-order valence-electron chi connectivity index (χ1n) is 18.3. The summed E-state index contributed by atoms with van der Waals surface area (Å²) in [5.74, 6) is 0. The van der Waals surface area contributed by atoms with E-state index < -0.39 is 0 Å². The lowest BCUT2D eigenvalue weighted by atomic mass is 9.99. The first kappa shape index (κ1) is 30.3. The van der Waals surface area contributed by atoms with Crippen LogP contribution in [0.2, 0.25) is 0 Å². The van der Waals surface area contributed by atoms with Gasteiger partial charge in [0.25, 0.3) is 0 Å². The summed E-state index contributed by atoms with van der Waals surface area (Å²) in [6.45, 7) is 0. The fraction of sp³-hybridized carbons (Fsp3) is 0. The SMILES string of the molecule is c1ccc(-c2nc3ccccc3nc2-c2ccc(-c3ccc(-n4c5ccccc5c5ccc6c7ccccc7n(-c7ccccc7)c6c54)cc3)cc2)cc1. The fourth-order valence-electron chi connectivity index (χ4n) is 8.24. The van der Waals surface area contributed by atoms with E-state index in [0.29, 0.717) is 0 Å². The number of fused-ring (bicyclic) bond motifs is 8. The summed E-state index contributed by atoms with van der Waals surface area (Å²) in [5, 5.41) is 4.98. The van der Waals surface area contributed by atoms with Gasteiger partial charge in [-0.3, -0.25) is 0 Å². The molecule has 0 bridgehead atoms. The minimum absolute atomic E-state index is 0.882. The summed E-state index contributed by atoms with van der Waals surface area (Å²) in [7, 11) is 0. The van der Waals surface area contributed by atoms with E-state index >= 15 is 0 Å². The molecular weight excluding hydrogens is 657 g/mol. The van der Waals surface area contributed by atoms with Gasteiger partial charge in [-0.25, -0.2) is 9.97 Å². The Bertz CT molecular complexity index is 3170. The summed E-state index contributed by atoms with van der Waals surface area (Å²) in [6, 6.07) is 69.0. The highest BCUT2D eigenvalue weighted by Gasteiger charge is 2.21. The number of nitrogens with zero attached hydrogens (tertiary/aromatic N) is 4. The van der Waals surface area contributed by atoms with Crippen LogP contribution in [-0.2, 0) is 0 Å². The molecule has 0 radical (unpaired) electrons. The lowest BCUT2D eigenvalue weighted by molar-refractivity contribution is 1.15. The van der Waals surface area contributed by atoms with Crippen molar-refractivity contribution in [2.75, 3.05) is 0 Å². The standard InChI is InChI=1S/C50H32N4/c1-3-13-35(14-4-1)47-48(52-44-20-10-9-19-43(44)51-47)36-25-23-33(24-26-36)34-27-29-38(30-28-34)54-46-22-12-8-18-40(46)42-32-31-41-39-17-7-11-21-45(39)53(49(41)50(42)54)37-15-5-2-6-16-37/h1-32H. The highest BCUT2D eigenvalue weighted by atomic mass is 15.0. The molecule has 0 N–H and O–H groups in total. The molecule has 0 aliphatic rings. The molecule has 0 saturated carbocycles. The number of aromatic nitrogens is 4. The molecular formula is C50H32N4. The van der Waals surface area contributed by atoms with Crippen LogP contribution >= 0.6 is 0 Å². The lowest BCUT2D eigenvalue weighted by Gasteiger charge is -2.13.